The van der Waals surface area contributed by atoms with Crippen molar-refractivity contribution in [3.05, 3.63) is 118 Å². The van der Waals surface area contributed by atoms with Crippen LogP contribution in [-0.4, -0.2) is 35.8 Å². The van der Waals surface area contributed by atoms with Gasteiger partial charge in [0.25, 0.3) is 0 Å². The summed E-state index contributed by atoms with van der Waals surface area (Å²) in [5, 5.41) is 0. The van der Waals surface area contributed by atoms with Crippen LogP contribution >= 0.6 is 0 Å². The van der Waals surface area contributed by atoms with Gasteiger partial charge in [0.05, 0.1) is 11.3 Å². The number of aromatic nitrogens is 1. The molecule has 0 spiro atoms. The van der Waals surface area contributed by atoms with E-state index in [-0.39, 0.29) is 5.82 Å². The van der Waals surface area contributed by atoms with Crippen molar-refractivity contribution in [2.75, 3.05) is 19.6 Å². The van der Waals surface area contributed by atoms with Crippen LogP contribution in [0.5, 0.6) is 0 Å². The maximum Gasteiger partial charge on any atom is 0.416 e. The standard InChI is InChI=1S/C13H27N.C11H15F.C11H13NO.C9H9F3.C2H6/c1-6-12(4)9-10-14(8-3)11-13(5)7-2;1-2-3-4-5-10-6-8-11(12)9-7-10;1-3-4-9(2)11-7-10(8-13)5-6-12-11;1-2-7-3-5-8(6-4-7)9(10,11)12;1-2/h7,12H,6,8-11H2,1-5H3;6-9H,2-5H2,1H3;4-8H,3H2,1-2H3;3-6H,2H2,1H3;1-2H3/b13-7+;;9-4-;;. The summed E-state index contributed by atoms with van der Waals surface area (Å²) in [4.78, 5) is 17.2. The molecule has 0 aliphatic carbocycles. The Hall–Kier alpha value is -3.58. The maximum atomic E-state index is 12.5. The first-order valence-corrected chi connectivity index (χ1v) is 19.6. The third-order valence-corrected chi connectivity index (χ3v) is 8.55. The fraction of sp³-hybridized carbons (Fsp3) is 0.522. The molecule has 7 heteroatoms. The molecule has 1 unspecified atom stereocenters. The van der Waals surface area contributed by atoms with Gasteiger partial charge in [-0.05, 0) is 125 Å². The molecule has 0 bridgehead atoms. The minimum Gasteiger partial charge on any atom is -0.300 e. The second-order valence-corrected chi connectivity index (χ2v) is 12.8. The van der Waals surface area contributed by atoms with E-state index in [0.717, 1.165) is 67.0 Å². The van der Waals surface area contributed by atoms with Gasteiger partial charge in [-0.2, -0.15) is 13.2 Å². The topological polar surface area (TPSA) is 33.2 Å². The summed E-state index contributed by atoms with van der Waals surface area (Å²) < 4.78 is 48.5. The first-order valence-electron chi connectivity index (χ1n) is 19.6. The molecular weight excluding hydrogens is 673 g/mol. The zero-order chi connectivity index (χ0) is 40.7. The number of likely N-dealkylation sites (N-methyl/N-ethyl adjacent to an activating group) is 1. The first kappa shape index (κ1) is 51.5. The largest absolute Gasteiger partial charge is 0.416 e. The second-order valence-electron chi connectivity index (χ2n) is 12.8. The smallest absolute Gasteiger partial charge is 0.300 e. The average Bonchev–Trinajstić information content (AvgIpc) is 3.18. The summed E-state index contributed by atoms with van der Waals surface area (Å²) in [6.45, 7) is 26.9. The summed E-state index contributed by atoms with van der Waals surface area (Å²) in [5.74, 6) is 0.726. The molecule has 3 rings (SSSR count). The fourth-order valence-electron chi connectivity index (χ4n) is 4.71. The molecule has 53 heavy (non-hydrogen) atoms. The third kappa shape index (κ3) is 25.9. The molecule has 0 saturated heterocycles. The highest BCUT2D eigenvalue weighted by Gasteiger charge is 2.29. The average molecular weight is 743 g/mol. The minimum absolute atomic E-state index is 0.144. The Balaban J connectivity index is 0. The van der Waals surface area contributed by atoms with Crippen LogP contribution in [0.3, 0.4) is 0 Å². The molecule has 0 saturated carbocycles. The van der Waals surface area contributed by atoms with E-state index in [1.165, 1.54) is 80.6 Å². The Kier molecular flexibility index (Phi) is 31.0. The van der Waals surface area contributed by atoms with Gasteiger partial charge in [0.15, 0.2) is 0 Å². The number of carbonyl (C=O) groups is 1. The number of hydrogen-bond donors (Lipinski definition) is 0. The van der Waals surface area contributed by atoms with Gasteiger partial charge in [0.2, 0.25) is 0 Å². The predicted octanol–water partition coefficient (Wildman–Crippen LogP) is 14.3. The van der Waals surface area contributed by atoms with Crippen molar-refractivity contribution in [3.63, 3.8) is 0 Å². The Bertz CT molecular complexity index is 1380. The number of rotatable bonds is 15. The number of benzene rings is 2. The number of halogens is 4. The lowest BCUT2D eigenvalue weighted by Crippen LogP contribution is -2.27. The lowest BCUT2D eigenvalue weighted by atomic mass is 10.0. The quantitative estimate of drug-likeness (QED) is 0.0673. The molecule has 298 valence electrons. The molecular formula is C46H70F4N2O. The molecule has 3 aromatic rings. The molecule has 2 aromatic carbocycles. The van der Waals surface area contributed by atoms with E-state index in [9.17, 15) is 22.4 Å². The highest BCUT2D eigenvalue weighted by Crippen LogP contribution is 2.29. The number of aryl methyl sites for hydroxylation is 2. The van der Waals surface area contributed by atoms with Gasteiger partial charge < -0.3 is 0 Å². The fourth-order valence-corrected chi connectivity index (χ4v) is 4.71. The SMILES string of the molecule is C/C=C(\C)CN(CC)CCC(C)CC.CC.CC/C=C(/C)c1cc(C=O)ccn1.CCCCCc1ccc(F)cc1.CCc1ccc(C(F)(F)F)cc1. The molecule has 1 aromatic heterocycles. The maximum absolute atomic E-state index is 12.5. The van der Waals surface area contributed by atoms with Gasteiger partial charge >= 0.3 is 6.18 Å². The normalized spacial score (nSPS) is 11.8. The molecule has 0 aliphatic heterocycles. The van der Waals surface area contributed by atoms with Crippen LogP contribution in [-0.2, 0) is 19.0 Å². The molecule has 1 heterocycles. The number of unbranched alkanes of at least 4 members (excludes halogenated alkanes) is 2. The molecule has 0 fully saturated rings. The van der Waals surface area contributed by atoms with Gasteiger partial charge in [0.1, 0.15) is 12.1 Å². The lowest BCUT2D eigenvalue weighted by Gasteiger charge is -2.22. The van der Waals surface area contributed by atoms with Gasteiger partial charge in [-0.3, -0.25) is 14.7 Å². The van der Waals surface area contributed by atoms with E-state index in [0.29, 0.717) is 5.56 Å². The summed E-state index contributed by atoms with van der Waals surface area (Å²) >= 11 is 0. The molecule has 0 radical (unpaired) electrons. The van der Waals surface area contributed by atoms with Crippen molar-refractivity contribution in [1.29, 1.82) is 0 Å². The van der Waals surface area contributed by atoms with Crippen molar-refractivity contribution in [2.24, 2.45) is 5.92 Å². The summed E-state index contributed by atoms with van der Waals surface area (Å²) in [7, 11) is 0. The Morgan fingerprint density at radius 2 is 1.49 bits per heavy atom. The number of nitrogens with zero attached hydrogens (tertiary/aromatic N) is 2. The van der Waals surface area contributed by atoms with Crippen LogP contribution in [0.1, 0.15) is 147 Å². The third-order valence-electron chi connectivity index (χ3n) is 8.55. The molecule has 0 amide bonds. The van der Waals surface area contributed by atoms with E-state index in [1.54, 1.807) is 18.3 Å². The van der Waals surface area contributed by atoms with E-state index >= 15 is 0 Å². The van der Waals surface area contributed by atoms with Crippen molar-refractivity contribution in [2.45, 2.75) is 134 Å². The number of alkyl halides is 3. The zero-order valence-electron chi connectivity index (χ0n) is 34.8. The van der Waals surface area contributed by atoms with Gasteiger partial charge in [0, 0.05) is 18.3 Å². The van der Waals surface area contributed by atoms with Crippen LogP contribution < -0.4 is 0 Å². The molecule has 0 N–H and O–H groups in total. The monoisotopic (exact) mass is 743 g/mol. The van der Waals surface area contributed by atoms with Crippen LogP contribution in [0.25, 0.3) is 5.57 Å². The number of allylic oxidation sites excluding steroid dienone is 3. The lowest BCUT2D eigenvalue weighted by molar-refractivity contribution is -0.137. The Morgan fingerprint density at radius 3 is 1.96 bits per heavy atom. The first-order chi connectivity index (χ1) is 25.3. The second kappa shape index (κ2) is 31.9. The zero-order valence-corrected chi connectivity index (χ0v) is 34.8. The van der Waals surface area contributed by atoms with Crippen LogP contribution in [0.15, 0.2) is 84.6 Å². The summed E-state index contributed by atoms with van der Waals surface area (Å²) in [6, 6.07) is 15.5. The molecule has 3 nitrogen and oxygen atoms in total. The van der Waals surface area contributed by atoms with E-state index in [1.807, 2.05) is 39.8 Å². The number of pyridine rings is 1. The highest BCUT2D eigenvalue weighted by atomic mass is 19.4. The van der Waals surface area contributed by atoms with Crippen LogP contribution in [0.4, 0.5) is 17.6 Å². The van der Waals surface area contributed by atoms with E-state index in [4.69, 9.17) is 0 Å². The van der Waals surface area contributed by atoms with Crippen molar-refractivity contribution >= 4 is 11.9 Å². The van der Waals surface area contributed by atoms with Crippen LogP contribution in [0, 0.1) is 11.7 Å². The Morgan fingerprint density at radius 1 is 0.887 bits per heavy atom. The highest BCUT2D eigenvalue weighted by molar-refractivity contribution is 5.76. The molecule has 1 atom stereocenters. The number of hydrogen-bond acceptors (Lipinski definition) is 3. The number of carbonyl (C=O) groups excluding carboxylic acids is 1. The summed E-state index contributed by atoms with van der Waals surface area (Å²) in [5.41, 5.74) is 5.73. The van der Waals surface area contributed by atoms with E-state index < -0.39 is 11.7 Å². The summed E-state index contributed by atoms with van der Waals surface area (Å²) in [6.07, 6.45) is 11.8. The van der Waals surface area contributed by atoms with Crippen molar-refractivity contribution in [1.82, 2.24) is 9.88 Å². The van der Waals surface area contributed by atoms with Gasteiger partial charge in [-0.1, -0.05) is 117 Å². The van der Waals surface area contributed by atoms with Crippen molar-refractivity contribution in [3.8, 4) is 0 Å². The number of aldehydes is 1. The minimum atomic E-state index is -4.22. The van der Waals surface area contributed by atoms with Gasteiger partial charge in [-0.15, -0.1) is 0 Å². The van der Waals surface area contributed by atoms with E-state index in [2.05, 4.69) is 70.5 Å². The molecule has 0 aliphatic rings. The Labute approximate surface area is 321 Å². The predicted molar refractivity (Wildman–Crippen MR) is 221 cm³/mol. The van der Waals surface area contributed by atoms with Crippen molar-refractivity contribution < 1.29 is 22.4 Å². The van der Waals surface area contributed by atoms with Gasteiger partial charge in [-0.25, -0.2) is 4.39 Å². The van der Waals surface area contributed by atoms with Crippen LogP contribution in [0.2, 0.25) is 0 Å².